The first-order valence-corrected chi connectivity index (χ1v) is 12.1. The molecule has 0 saturated carbocycles. The first-order chi connectivity index (χ1) is 15.7. The second-order valence-corrected chi connectivity index (χ2v) is 9.54. The Morgan fingerprint density at radius 1 is 1.12 bits per heavy atom. The standard InChI is InChI=1S/C25H36N6O/c1-18-7-5-8-20(24(18)32-2)17-30-12-6-9-19(16-30)23-21(15-27-29-23)22-10-11-26-25(28-22)31-13-3-4-14-31/h5,7-8,10-11,19,21,23,27,29H,3-4,6,9,12-17H2,1-2H3. The van der Waals surface area contributed by atoms with Gasteiger partial charge in [0.2, 0.25) is 5.95 Å². The molecule has 5 rings (SSSR count). The van der Waals surface area contributed by atoms with Crippen LogP contribution in [0.15, 0.2) is 30.5 Å². The number of aryl methyl sites for hydroxylation is 1. The monoisotopic (exact) mass is 436 g/mol. The van der Waals surface area contributed by atoms with Gasteiger partial charge < -0.3 is 9.64 Å². The molecule has 1 aromatic heterocycles. The molecule has 4 heterocycles. The molecule has 3 atom stereocenters. The number of likely N-dealkylation sites (tertiary alicyclic amines) is 1. The Balaban J connectivity index is 1.29. The van der Waals surface area contributed by atoms with Gasteiger partial charge in [0.1, 0.15) is 5.75 Å². The highest BCUT2D eigenvalue weighted by atomic mass is 16.5. The highest BCUT2D eigenvalue weighted by molar-refractivity contribution is 5.40. The lowest BCUT2D eigenvalue weighted by Gasteiger charge is -2.37. The third kappa shape index (κ3) is 4.47. The predicted molar refractivity (Wildman–Crippen MR) is 127 cm³/mol. The fourth-order valence-corrected chi connectivity index (χ4v) is 5.79. The zero-order valence-electron chi connectivity index (χ0n) is 19.4. The van der Waals surface area contributed by atoms with Crippen LogP contribution in [0.4, 0.5) is 5.95 Å². The lowest BCUT2D eigenvalue weighted by Crippen LogP contribution is -2.46. The summed E-state index contributed by atoms with van der Waals surface area (Å²) >= 11 is 0. The van der Waals surface area contributed by atoms with Crippen molar-refractivity contribution in [3.05, 3.63) is 47.3 Å². The third-order valence-corrected chi connectivity index (χ3v) is 7.40. The summed E-state index contributed by atoms with van der Waals surface area (Å²) in [5.74, 6) is 2.90. The minimum atomic E-state index is 0.373. The van der Waals surface area contributed by atoms with E-state index >= 15 is 0 Å². The molecule has 7 nitrogen and oxygen atoms in total. The van der Waals surface area contributed by atoms with Crippen molar-refractivity contribution in [3.8, 4) is 5.75 Å². The van der Waals surface area contributed by atoms with Crippen molar-refractivity contribution in [3.63, 3.8) is 0 Å². The van der Waals surface area contributed by atoms with E-state index in [0.29, 0.717) is 17.9 Å². The van der Waals surface area contributed by atoms with Crippen LogP contribution in [-0.2, 0) is 6.54 Å². The molecular formula is C25H36N6O. The Labute approximate surface area is 191 Å². The van der Waals surface area contributed by atoms with Crippen LogP contribution >= 0.6 is 0 Å². The quantitative estimate of drug-likeness (QED) is 0.722. The molecule has 3 saturated heterocycles. The maximum atomic E-state index is 5.71. The van der Waals surface area contributed by atoms with Gasteiger partial charge in [-0.05, 0) is 56.7 Å². The average Bonchev–Trinajstić information content (AvgIpc) is 3.52. The molecule has 3 aliphatic rings. The van der Waals surface area contributed by atoms with E-state index in [-0.39, 0.29) is 0 Å². The normalized spacial score (nSPS) is 26.6. The van der Waals surface area contributed by atoms with Gasteiger partial charge in [0, 0.05) is 56.4 Å². The number of para-hydroxylation sites is 1. The number of nitrogens with zero attached hydrogens (tertiary/aromatic N) is 4. The van der Waals surface area contributed by atoms with Crippen molar-refractivity contribution in [2.45, 2.75) is 51.1 Å². The summed E-state index contributed by atoms with van der Waals surface area (Å²) in [6.07, 6.45) is 6.91. The molecule has 0 spiro atoms. The Kier molecular flexibility index (Phi) is 6.57. The number of hydrazine groups is 1. The van der Waals surface area contributed by atoms with Crippen LogP contribution in [-0.4, -0.2) is 60.7 Å². The summed E-state index contributed by atoms with van der Waals surface area (Å²) in [5, 5.41) is 0. The van der Waals surface area contributed by atoms with E-state index in [0.717, 1.165) is 51.0 Å². The van der Waals surface area contributed by atoms with E-state index in [1.54, 1.807) is 7.11 Å². The van der Waals surface area contributed by atoms with Crippen molar-refractivity contribution in [2.75, 3.05) is 44.7 Å². The third-order valence-electron chi connectivity index (χ3n) is 7.40. The van der Waals surface area contributed by atoms with Crippen molar-refractivity contribution in [1.29, 1.82) is 0 Å². The molecular weight excluding hydrogens is 400 g/mol. The average molecular weight is 437 g/mol. The summed E-state index contributed by atoms with van der Waals surface area (Å²) in [6.45, 7) is 8.38. The number of hydrogen-bond acceptors (Lipinski definition) is 7. The highest BCUT2D eigenvalue weighted by Crippen LogP contribution is 2.33. The van der Waals surface area contributed by atoms with Crippen molar-refractivity contribution >= 4 is 5.95 Å². The molecule has 0 radical (unpaired) electrons. The largest absolute Gasteiger partial charge is 0.496 e. The van der Waals surface area contributed by atoms with E-state index in [1.807, 2.05) is 6.20 Å². The smallest absolute Gasteiger partial charge is 0.225 e. The van der Waals surface area contributed by atoms with Crippen LogP contribution in [0.2, 0.25) is 0 Å². The van der Waals surface area contributed by atoms with E-state index < -0.39 is 0 Å². The SMILES string of the molecule is COc1c(C)cccc1CN1CCCC(C2NNCC2c2ccnc(N3CCCC3)n2)C1. The molecule has 7 heteroatoms. The van der Waals surface area contributed by atoms with E-state index in [1.165, 1.54) is 42.5 Å². The van der Waals surface area contributed by atoms with Gasteiger partial charge in [-0.25, -0.2) is 9.97 Å². The molecule has 1 aromatic carbocycles. The molecule has 0 aliphatic carbocycles. The van der Waals surface area contributed by atoms with E-state index in [9.17, 15) is 0 Å². The van der Waals surface area contributed by atoms with Crippen LogP contribution < -0.4 is 20.5 Å². The molecule has 32 heavy (non-hydrogen) atoms. The Morgan fingerprint density at radius 3 is 2.84 bits per heavy atom. The van der Waals surface area contributed by atoms with Gasteiger partial charge in [-0.1, -0.05) is 18.2 Å². The minimum absolute atomic E-state index is 0.373. The maximum Gasteiger partial charge on any atom is 0.225 e. The molecule has 0 bridgehead atoms. The van der Waals surface area contributed by atoms with E-state index in [4.69, 9.17) is 9.72 Å². The summed E-state index contributed by atoms with van der Waals surface area (Å²) in [6, 6.07) is 8.97. The molecule has 0 amide bonds. The Hall–Kier alpha value is -2.22. The van der Waals surface area contributed by atoms with Gasteiger partial charge in [-0.2, -0.15) is 0 Å². The molecule has 2 N–H and O–H groups in total. The molecule has 2 aromatic rings. The summed E-state index contributed by atoms with van der Waals surface area (Å²) in [7, 11) is 1.78. The minimum Gasteiger partial charge on any atom is -0.496 e. The first-order valence-electron chi connectivity index (χ1n) is 12.1. The zero-order chi connectivity index (χ0) is 21.9. The number of hydrogen-bond donors (Lipinski definition) is 2. The topological polar surface area (TPSA) is 65.6 Å². The number of methoxy groups -OCH3 is 1. The van der Waals surface area contributed by atoms with Crippen LogP contribution in [0.3, 0.4) is 0 Å². The van der Waals surface area contributed by atoms with Crippen LogP contribution in [0.5, 0.6) is 5.75 Å². The van der Waals surface area contributed by atoms with Gasteiger partial charge in [0.25, 0.3) is 0 Å². The number of aromatic nitrogens is 2. The van der Waals surface area contributed by atoms with Crippen LogP contribution in [0.25, 0.3) is 0 Å². The lowest BCUT2D eigenvalue weighted by atomic mass is 9.82. The fraction of sp³-hybridized carbons (Fsp3) is 0.600. The molecule has 3 unspecified atom stereocenters. The number of anilines is 1. The van der Waals surface area contributed by atoms with Gasteiger partial charge in [0.15, 0.2) is 0 Å². The van der Waals surface area contributed by atoms with Crippen molar-refractivity contribution in [1.82, 2.24) is 25.7 Å². The van der Waals surface area contributed by atoms with Gasteiger partial charge in [-0.15, -0.1) is 0 Å². The Morgan fingerprint density at radius 2 is 2.00 bits per heavy atom. The Bertz CT molecular complexity index is 915. The first kappa shape index (κ1) is 21.6. The van der Waals surface area contributed by atoms with Crippen molar-refractivity contribution in [2.24, 2.45) is 5.92 Å². The van der Waals surface area contributed by atoms with Gasteiger partial charge >= 0.3 is 0 Å². The summed E-state index contributed by atoms with van der Waals surface area (Å²) in [4.78, 5) is 14.5. The van der Waals surface area contributed by atoms with Gasteiger partial charge in [0.05, 0.1) is 12.8 Å². The van der Waals surface area contributed by atoms with Gasteiger partial charge in [-0.3, -0.25) is 15.8 Å². The highest BCUT2D eigenvalue weighted by Gasteiger charge is 2.37. The fourth-order valence-electron chi connectivity index (χ4n) is 5.79. The number of benzene rings is 1. The molecule has 172 valence electrons. The number of nitrogens with one attached hydrogen (secondary N) is 2. The zero-order valence-corrected chi connectivity index (χ0v) is 19.4. The van der Waals surface area contributed by atoms with Crippen LogP contribution in [0, 0.1) is 12.8 Å². The van der Waals surface area contributed by atoms with Crippen LogP contribution in [0.1, 0.15) is 48.4 Å². The summed E-state index contributed by atoms with van der Waals surface area (Å²) in [5.41, 5.74) is 10.7. The van der Waals surface area contributed by atoms with E-state index in [2.05, 4.69) is 56.8 Å². The van der Waals surface area contributed by atoms with Crippen molar-refractivity contribution < 1.29 is 4.74 Å². The second kappa shape index (κ2) is 9.73. The predicted octanol–water partition coefficient (Wildman–Crippen LogP) is 2.87. The maximum absolute atomic E-state index is 5.71. The number of rotatable bonds is 6. The molecule has 3 aliphatic heterocycles. The second-order valence-electron chi connectivity index (χ2n) is 9.54. The summed E-state index contributed by atoms with van der Waals surface area (Å²) < 4.78 is 5.71. The number of ether oxygens (including phenoxy) is 1. The number of piperidine rings is 1. The lowest BCUT2D eigenvalue weighted by molar-refractivity contribution is 0.138. The molecule has 3 fully saturated rings.